The summed E-state index contributed by atoms with van der Waals surface area (Å²) in [6.07, 6.45) is 5.79. The molecule has 0 aromatic rings. The van der Waals surface area contributed by atoms with E-state index in [0.29, 0.717) is 0 Å². The first-order valence-corrected chi connectivity index (χ1v) is 10.0. The average molecular weight is 337 g/mol. The Morgan fingerprint density at radius 2 is 1.27 bits per heavy atom. The molecular formula is C9H21BrTe. The van der Waals surface area contributed by atoms with Crippen LogP contribution in [0.1, 0.15) is 39.5 Å². The van der Waals surface area contributed by atoms with Crippen molar-refractivity contribution in [1.29, 1.82) is 0 Å². The van der Waals surface area contributed by atoms with Gasteiger partial charge >= 0.3 is 73.0 Å². The van der Waals surface area contributed by atoms with Crippen LogP contribution in [-0.2, 0) is 0 Å². The quantitative estimate of drug-likeness (QED) is 0.627. The minimum Gasteiger partial charge on any atom is -1.00 e. The number of halogens is 1. The Morgan fingerprint density at radius 1 is 0.909 bits per heavy atom. The normalized spacial score (nSPS) is 9.82. The van der Waals surface area contributed by atoms with Crippen molar-refractivity contribution in [1.82, 2.24) is 0 Å². The Balaban J connectivity index is 0. The maximum Gasteiger partial charge on any atom is -1.00 e. The van der Waals surface area contributed by atoms with E-state index in [2.05, 4.69) is 18.8 Å². The molecule has 0 aromatic carbocycles. The molecule has 0 rings (SSSR count). The Bertz CT molecular complexity index is 58.6. The Kier molecular flexibility index (Phi) is 15.1. The predicted octanol–water partition coefficient (Wildman–Crippen LogP) is 0.715. The Hall–Kier alpha value is 1.27. The first-order valence-electron chi connectivity index (χ1n) is 4.40. The van der Waals surface area contributed by atoms with Gasteiger partial charge in [-0.05, 0) is 0 Å². The summed E-state index contributed by atoms with van der Waals surface area (Å²) < 4.78 is 3.22. The van der Waals surface area contributed by atoms with Gasteiger partial charge in [0.1, 0.15) is 0 Å². The molecule has 0 bridgehead atoms. The zero-order valence-corrected chi connectivity index (χ0v) is 11.9. The second kappa shape index (κ2) is 11.3. The summed E-state index contributed by atoms with van der Waals surface area (Å²) in [5.41, 5.74) is 0. The van der Waals surface area contributed by atoms with Crippen molar-refractivity contribution in [2.75, 3.05) is 0 Å². The summed E-state index contributed by atoms with van der Waals surface area (Å²) in [6, 6.07) is 0. The van der Waals surface area contributed by atoms with E-state index in [1.807, 2.05) is 0 Å². The van der Waals surface area contributed by atoms with Gasteiger partial charge in [0, 0.05) is 0 Å². The molecule has 11 heavy (non-hydrogen) atoms. The molecule has 0 saturated carbocycles. The van der Waals surface area contributed by atoms with E-state index in [4.69, 9.17) is 0 Å². The van der Waals surface area contributed by atoms with Crippen LogP contribution in [0, 0.1) is 0 Å². The molecule has 0 fully saturated rings. The third kappa shape index (κ3) is 11.3. The molecule has 0 amide bonds. The van der Waals surface area contributed by atoms with Crippen molar-refractivity contribution < 1.29 is 17.0 Å². The van der Waals surface area contributed by atoms with Gasteiger partial charge in [-0.25, -0.2) is 0 Å². The maximum atomic E-state index is 2.55. The second-order valence-corrected chi connectivity index (χ2v) is 9.69. The fourth-order valence-electron chi connectivity index (χ4n) is 0.884. The molecule has 0 radical (unpaired) electrons. The van der Waals surface area contributed by atoms with Gasteiger partial charge < -0.3 is 17.0 Å². The van der Waals surface area contributed by atoms with Gasteiger partial charge in [-0.3, -0.25) is 0 Å². The van der Waals surface area contributed by atoms with E-state index >= 15 is 0 Å². The van der Waals surface area contributed by atoms with E-state index in [1.165, 1.54) is 25.7 Å². The third-order valence-electron chi connectivity index (χ3n) is 1.69. The van der Waals surface area contributed by atoms with Crippen LogP contribution in [0.15, 0.2) is 0 Å². The van der Waals surface area contributed by atoms with E-state index < -0.39 is 19.6 Å². The summed E-state index contributed by atoms with van der Waals surface area (Å²) in [4.78, 5) is 2.55. The van der Waals surface area contributed by atoms with Gasteiger partial charge in [0.25, 0.3) is 0 Å². The molecular weight excluding hydrogens is 316 g/mol. The topological polar surface area (TPSA) is 0 Å². The van der Waals surface area contributed by atoms with Gasteiger partial charge in [0.2, 0.25) is 0 Å². The van der Waals surface area contributed by atoms with Crippen LogP contribution in [0.5, 0.6) is 0 Å². The van der Waals surface area contributed by atoms with Crippen LogP contribution in [0.25, 0.3) is 0 Å². The van der Waals surface area contributed by atoms with E-state index in [1.54, 1.807) is 8.94 Å². The fraction of sp³-hybridized carbons (Fsp3) is 1.00. The standard InChI is InChI=1S/C9H21Te.BrH/c1-4-6-8-10(3)9-7-5-2;/h4-9H2,1-3H3;1H/q+1;/p-1. The SMILES string of the molecule is CCCC[Te+](C)CCCC.[Br-]. The van der Waals surface area contributed by atoms with Crippen molar-refractivity contribution in [2.24, 2.45) is 0 Å². The molecule has 0 atom stereocenters. The van der Waals surface area contributed by atoms with E-state index in [0.717, 1.165) is 0 Å². The van der Waals surface area contributed by atoms with Gasteiger partial charge in [-0.15, -0.1) is 0 Å². The predicted molar refractivity (Wildman–Crippen MR) is 51.0 cm³/mol. The monoisotopic (exact) mass is 338 g/mol. The first kappa shape index (κ1) is 14.8. The zero-order valence-electron chi connectivity index (χ0n) is 8.03. The van der Waals surface area contributed by atoms with Crippen LogP contribution in [0.3, 0.4) is 0 Å². The summed E-state index contributed by atoms with van der Waals surface area (Å²) in [5, 5.41) is 0. The van der Waals surface area contributed by atoms with Crippen LogP contribution >= 0.6 is 0 Å². The van der Waals surface area contributed by atoms with Crippen LogP contribution in [0.2, 0.25) is 13.9 Å². The van der Waals surface area contributed by atoms with Gasteiger partial charge in [-0.2, -0.15) is 0 Å². The van der Waals surface area contributed by atoms with Gasteiger partial charge in [-0.1, -0.05) is 0 Å². The molecule has 0 saturated heterocycles. The second-order valence-electron chi connectivity index (χ2n) is 2.90. The molecule has 70 valence electrons. The van der Waals surface area contributed by atoms with Crippen LogP contribution in [-0.4, -0.2) is 19.6 Å². The van der Waals surface area contributed by atoms with Crippen molar-refractivity contribution in [3.63, 3.8) is 0 Å². The number of rotatable bonds is 6. The van der Waals surface area contributed by atoms with Crippen LogP contribution in [0.4, 0.5) is 0 Å². The zero-order chi connectivity index (χ0) is 7.82. The minimum absolute atomic E-state index is 0. The van der Waals surface area contributed by atoms with Gasteiger partial charge in [0.05, 0.1) is 0 Å². The van der Waals surface area contributed by atoms with Crippen molar-refractivity contribution in [2.45, 2.75) is 53.4 Å². The van der Waals surface area contributed by atoms with Crippen molar-refractivity contribution in [3.05, 3.63) is 0 Å². The molecule has 0 N–H and O–H groups in total. The van der Waals surface area contributed by atoms with Crippen LogP contribution < -0.4 is 17.0 Å². The number of unbranched alkanes of at least 4 members (excludes halogenated alkanes) is 2. The average Bonchev–Trinajstić information content (AvgIpc) is 1.97. The number of hydrogen-bond donors (Lipinski definition) is 0. The molecule has 0 aliphatic heterocycles. The summed E-state index contributed by atoms with van der Waals surface area (Å²) >= 11 is -0.508. The molecule has 0 heterocycles. The Labute approximate surface area is 89.6 Å². The Morgan fingerprint density at radius 3 is 1.55 bits per heavy atom. The summed E-state index contributed by atoms with van der Waals surface area (Å²) in [6.45, 7) is 4.60. The van der Waals surface area contributed by atoms with Crippen molar-refractivity contribution in [3.8, 4) is 0 Å². The number of hydrogen-bond acceptors (Lipinski definition) is 0. The van der Waals surface area contributed by atoms with Crippen molar-refractivity contribution >= 4 is 19.6 Å². The van der Waals surface area contributed by atoms with E-state index in [-0.39, 0.29) is 17.0 Å². The molecule has 0 spiro atoms. The third-order valence-corrected chi connectivity index (χ3v) is 7.32. The molecule has 0 aliphatic carbocycles. The molecule has 0 nitrogen and oxygen atoms in total. The summed E-state index contributed by atoms with van der Waals surface area (Å²) in [5.74, 6) is 0. The molecule has 0 unspecified atom stereocenters. The molecule has 0 aliphatic rings. The minimum atomic E-state index is -0.508. The molecule has 2 heteroatoms. The first-order chi connectivity index (χ1) is 4.81. The fourth-order valence-corrected chi connectivity index (χ4v) is 5.93. The van der Waals surface area contributed by atoms with Gasteiger partial charge in [0.15, 0.2) is 0 Å². The van der Waals surface area contributed by atoms with E-state index in [9.17, 15) is 0 Å². The maximum absolute atomic E-state index is 2.55. The smallest absolute Gasteiger partial charge is 1.00 e. The summed E-state index contributed by atoms with van der Waals surface area (Å²) in [7, 11) is 0. The largest absolute Gasteiger partial charge is 1.00 e. The molecule has 0 aromatic heterocycles.